The number of benzene rings is 2. The molecule has 0 aromatic heterocycles. The van der Waals surface area contributed by atoms with Crippen LogP contribution in [-0.2, 0) is 10.0 Å². The molecule has 0 fully saturated rings. The van der Waals surface area contributed by atoms with E-state index in [0.717, 1.165) is 0 Å². The van der Waals surface area contributed by atoms with Gasteiger partial charge in [-0.15, -0.1) is 0 Å². The number of hydrogen-bond acceptors (Lipinski definition) is 3. The molecule has 0 saturated carbocycles. The van der Waals surface area contributed by atoms with Gasteiger partial charge in [-0.25, -0.2) is 12.8 Å². The first-order valence-electron chi connectivity index (χ1n) is 6.09. The molecule has 0 unspecified atom stereocenters. The summed E-state index contributed by atoms with van der Waals surface area (Å²) in [7, 11) is -3.52. The number of sulfonamides is 1. The van der Waals surface area contributed by atoms with Gasteiger partial charge in [-0.2, -0.15) is 0 Å². The highest BCUT2D eigenvalue weighted by atomic mass is 35.5. The van der Waals surface area contributed by atoms with E-state index in [1.54, 1.807) is 24.3 Å². The van der Waals surface area contributed by atoms with E-state index in [1.807, 2.05) is 0 Å². The summed E-state index contributed by atoms with van der Waals surface area (Å²) in [5.74, 6) is -0.176. The van der Waals surface area contributed by atoms with Gasteiger partial charge in [-0.1, -0.05) is 11.6 Å². The van der Waals surface area contributed by atoms with Gasteiger partial charge >= 0.3 is 0 Å². The first-order valence-corrected chi connectivity index (χ1v) is 8.12. The summed E-state index contributed by atoms with van der Waals surface area (Å²) in [6, 6.07) is 11.7. The van der Waals surface area contributed by atoms with Crippen LogP contribution in [0, 0.1) is 5.82 Å². The van der Waals surface area contributed by atoms with E-state index in [1.165, 1.54) is 24.3 Å². The second kappa shape index (κ2) is 6.78. The number of ether oxygens (including phenoxy) is 1. The van der Waals surface area contributed by atoms with Crippen molar-refractivity contribution in [3.63, 3.8) is 0 Å². The second-order valence-corrected chi connectivity index (χ2v) is 6.51. The molecule has 0 aliphatic heterocycles. The molecule has 112 valence electrons. The molecule has 0 heterocycles. The van der Waals surface area contributed by atoms with E-state index in [9.17, 15) is 12.8 Å². The van der Waals surface area contributed by atoms with Crippen molar-refractivity contribution >= 4 is 27.3 Å². The normalized spacial score (nSPS) is 11.1. The van der Waals surface area contributed by atoms with Gasteiger partial charge in [0.25, 0.3) is 0 Å². The quantitative estimate of drug-likeness (QED) is 0.884. The summed E-state index contributed by atoms with van der Waals surface area (Å²) < 4.78 is 44.0. The third-order valence-electron chi connectivity index (χ3n) is 2.55. The zero-order valence-electron chi connectivity index (χ0n) is 10.9. The Labute approximate surface area is 127 Å². The molecule has 1 N–H and O–H groups in total. The van der Waals surface area contributed by atoms with E-state index in [-0.39, 0.29) is 18.2 Å². The SMILES string of the molecule is O=S(=O)(CCOc1ccc(F)cc1)Nc1ccc(Cl)cc1. The van der Waals surface area contributed by atoms with E-state index in [4.69, 9.17) is 16.3 Å². The summed E-state index contributed by atoms with van der Waals surface area (Å²) in [4.78, 5) is 0. The van der Waals surface area contributed by atoms with Crippen LogP contribution in [0.5, 0.6) is 5.75 Å². The Morgan fingerprint density at radius 1 is 1.05 bits per heavy atom. The largest absolute Gasteiger partial charge is 0.492 e. The van der Waals surface area contributed by atoms with Crippen molar-refractivity contribution in [3.8, 4) is 5.75 Å². The van der Waals surface area contributed by atoms with Crippen molar-refractivity contribution in [3.05, 3.63) is 59.4 Å². The minimum atomic E-state index is -3.52. The molecule has 0 bridgehead atoms. The molecule has 0 amide bonds. The standard InChI is InChI=1S/C14H13ClFNO3S/c15-11-1-5-13(6-2-11)17-21(18,19)10-9-20-14-7-3-12(16)4-8-14/h1-8,17H,9-10H2. The molecule has 7 heteroatoms. The van der Waals surface area contributed by atoms with E-state index in [2.05, 4.69) is 4.72 Å². The Hall–Kier alpha value is -1.79. The van der Waals surface area contributed by atoms with E-state index >= 15 is 0 Å². The fraction of sp³-hybridized carbons (Fsp3) is 0.143. The fourth-order valence-corrected chi connectivity index (χ4v) is 2.57. The number of anilines is 1. The van der Waals surface area contributed by atoms with Crippen LogP contribution in [0.25, 0.3) is 0 Å². The predicted octanol–water partition coefficient (Wildman–Crippen LogP) is 3.30. The van der Waals surface area contributed by atoms with Crippen LogP contribution in [0.2, 0.25) is 5.02 Å². The Bertz CT molecular complexity index is 687. The van der Waals surface area contributed by atoms with Gasteiger partial charge in [0.05, 0.1) is 0 Å². The van der Waals surface area contributed by atoms with Gasteiger partial charge in [-0.3, -0.25) is 4.72 Å². The van der Waals surface area contributed by atoms with Crippen LogP contribution in [0.4, 0.5) is 10.1 Å². The van der Waals surface area contributed by atoms with Crippen LogP contribution in [-0.4, -0.2) is 20.8 Å². The topological polar surface area (TPSA) is 55.4 Å². The van der Waals surface area contributed by atoms with Gasteiger partial charge < -0.3 is 4.74 Å². The van der Waals surface area contributed by atoms with Crippen molar-refractivity contribution in [2.24, 2.45) is 0 Å². The van der Waals surface area contributed by atoms with Gasteiger partial charge in [0.1, 0.15) is 23.9 Å². The first-order chi connectivity index (χ1) is 9.94. The number of nitrogens with one attached hydrogen (secondary N) is 1. The first kappa shape index (κ1) is 15.6. The molecule has 0 aliphatic carbocycles. The van der Waals surface area contributed by atoms with Gasteiger partial charge in [0.2, 0.25) is 10.0 Å². The highest BCUT2D eigenvalue weighted by molar-refractivity contribution is 7.92. The molecule has 2 rings (SSSR count). The Morgan fingerprint density at radius 3 is 2.29 bits per heavy atom. The van der Waals surface area contributed by atoms with Gasteiger partial charge in [0, 0.05) is 10.7 Å². The average Bonchev–Trinajstić information content (AvgIpc) is 2.43. The van der Waals surface area contributed by atoms with Crippen LogP contribution >= 0.6 is 11.6 Å². The monoisotopic (exact) mass is 329 g/mol. The summed E-state index contributed by atoms with van der Waals surface area (Å²) in [6.45, 7) is -0.0332. The number of hydrogen-bond donors (Lipinski definition) is 1. The third-order valence-corrected chi connectivity index (χ3v) is 4.05. The molecule has 2 aromatic rings. The maximum Gasteiger partial charge on any atom is 0.236 e. The number of halogens is 2. The average molecular weight is 330 g/mol. The lowest BCUT2D eigenvalue weighted by molar-refractivity contribution is 0.340. The maximum atomic E-state index is 12.7. The molecular weight excluding hydrogens is 317 g/mol. The molecular formula is C14H13ClFNO3S. The maximum absolute atomic E-state index is 12.7. The summed E-state index contributed by atoms with van der Waals surface area (Å²) in [5, 5.41) is 0.526. The van der Waals surface area contributed by atoms with Gasteiger partial charge in [0.15, 0.2) is 0 Å². The minimum Gasteiger partial charge on any atom is -0.492 e. The van der Waals surface area contributed by atoms with Crippen LogP contribution in [0.3, 0.4) is 0 Å². The Balaban J connectivity index is 1.86. The third kappa shape index (κ3) is 5.24. The minimum absolute atomic E-state index is 0.0332. The zero-order valence-corrected chi connectivity index (χ0v) is 12.5. The van der Waals surface area contributed by atoms with Crippen molar-refractivity contribution in [2.75, 3.05) is 17.1 Å². The predicted molar refractivity (Wildman–Crippen MR) is 80.8 cm³/mol. The molecule has 4 nitrogen and oxygen atoms in total. The molecule has 0 saturated heterocycles. The summed E-state index contributed by atoms with van der Waals surface area (Å²) in [5.41, 5.74) is 0.432. The summed E-state index contributed by atoms with van der Waals surface area (Å²) >= 11 is 5.72. The van der Waals surface area contributed by atoms with Crippen molar-refractivity contribution < 1.29 is 17.5 Å². The van der Waals surface area contributed by atoms with Crippen molar-refractivity contribution in [2.45, 2.75) is 0 Å². The molecule has 0 aliphatic rings. The highest BCUT2D eigenvalue weighted by Crippen LogP contribution is 2.15. The second-order valence-electron chi connectivity index (χ2n) is 4.23. The summed E-state index contributed by atoms with van der Waals surface area (Å²) in [6.07, 6.45) is 0. The molecule has 21 heavy (non-hydrogen) atoms. The highest BCUT2D eigenvalue weighted by Gasteiger charge is 2.10. The molecule has 0 spiro atoms. The van der Waals surface area contributed by atoms with Crippen molar-refractivity contribution in [1.29, 1.82) is 0 Å². The smallest absolute Gasteiger partial charge is 0.236 e. The lowest BCUT2D eigenvalue weighted by Crippen LogP contribution is -2.21. The molecule has 2 aromatic carbocycles. The lowest BCUT2D eigenvalue weighted by Gasteiger charge is -2.09. The molecule has 0 atom stereocenters. The fourth-order valence-electron chi connectivity index (χ4n) is 1.55. The zero-order chi connectivity index (χ0) is 15.3. The Kier molecular flexibility index (Phi) is 5.03. The van der Waals surface area contributed by atoms with Gasteiger partial charge in [-0.05, 0) is 48.5 Å². The molecule has 0 radical (unpaired) electrons. The van der Waals surface area contributed by atoms with Crippen molar-refractivity contribution in [1.82, 2.24) is 0 Å². The lowest BCUT2D eigenvalue weighted by atomic mass is 10.3. The van der Waals surface area contributed by atoms with E-state index < -0.39 is 10.0 Å². The number of rotatable bonds is 6. The Morgan fingerprint density at radius 2 is 1.67 bits per heavy atom. The van der Waals surface area contributed by atoms with Crippen LogP contribution < -0.4 is 9.46 Å². The van der Waals surface area contributed by atoms with Crippen LogP contribution in [0.1, 0.15) is 0 Å². The van der Waals surface area contributed by atoms with E-state index in [0.29, 0.717) is 16.5 Å². The van der Waals surface area contributed by atoms with Crippen LogP contribution in [0.15, 0.2) is 48.5 Å².